The Labute approximate surface area is 119 Å². The molecule has 1 saturated heterocycles. The molecule has 0 spiro atoms. The zero-order valence-corrected chi connectivity index (χ0v) is 13.0. The first-order valence-electron chi connectivity index (χ1n) is 8.23. The summed E-state index contributed by atoms with van der Waals surface area (Å²) in [6.45, 7) is 7.75. The largest absolute Gasteiger partial charge is 0.383 e. The van der Waals surface area contributed by atoms with Crippen molar-refractivity contribution in [2.45, 2.75) is 70.5 Å². The Balaban J connectivity index is 1.83. The van der Waals surface area contributed by atoms with E-state index in [0.717, 1.165) is 25.1 Å². The Kier molecular flexibility index (Phi) is 6.11. The van der Waals surface area contributed by atoms with Crippen molar-refractivity contribution in [3.63, 3.8) is 0 Å². The first-order valence-corrected chi connectivity index (χ1v) is 8.23. The van der Waals surface area contributed by atoms with Crippen LogP contribution in [0.15, 0.2) is 0 Å². The van der Waals surface area contributed by atoms with Crippen LogP contribution in [0.25, 0.3) is 0 Å². The van der Waals surface area contributed by atoms with Gasteiger partial charge in [-0.05, 0) is 38.5 Å². The highest BCUT2D eigenvalue weighted by Gasteiger charge is 2.35. The van der Waals surface area contributed by atoms with Crippen molar-refractivity contribution in [2.24, 2.45) is 5.92 Å². The van der Waals surface area contributed by atoms with Gasteiger partial charge >= 0.3 is 0 Å². The van der Waals surface area contributed by atoms with E-state index in [-0.39, 0.29) is 0 Å². The number of ether oxygens (including phenoxy) is 1. The maximum atomic E-state index is 5.26. The molecule has 1 aliphatic heterocycles. The second-order valence-corrected chi connectivity index (χ2v) is 6.50. The predicted octanol–water partition coefficient (Wildman–Crippen LogP) is 2.65. The molecule has 3 heteroatoms. The third-order valence-electron chi connectivity index (χ3n) is 5.20. The smallest absolute Gasteiger partial charge is 0.0589 e. The fourth-order valence-electron chi connectivity index (χ4n) is 3.81. The van der Waals surface area contributed by atoms with Gasteiger partial charge in [0.25, 0.3) is 0 Å². The molecule has 0 radical (unpaired) electrons. The Hall–Kier alpha value is -0.120. The summed E-state index contributed by atoms with van der Waals surface area (Å²) >= 11 is 0. The maximum absolute atomic E-state index is 5.26. The number of methoxy groups -OCH3 is 1. The fraction of sp³-hybridized carbons (Fsp3) is 1.00. The lowest BCUT2D eigenvalue weighted by Crippen LogP contribution is -2.45. The number of nitrogens with one attached hydrogen (secondary N) is 1. The molecule has 2 fully saturated rings. The van der Waals surface area contributed by atoms with Gasteiger partial charge in [-0.2, -0.15) is 0 Å². The minimum atomic E-state index is 0.666. The fourth-order valence-corrected chi connectivity index (χ4v) is 3.81. The van der Waals surface area contributed by atoms with Gasteiger partial charge in [-0.1, -0.05) is 19.8 Å². The molecular weight excluding hydrogens is 236 g/mol. The van der Waals surface area contributed by atoms with Crippen LogP contribution in [0.4, 0.5) is 0 Å². The zero-order valence-electron chi connectivity index (χ0n) is 13.0. The first-order chi connectivity index (χ1) is 9.24. The van der Waals surface area contributed by atoms with Crippen LogP contribution in [0.1, 0.15) is 52.4 Å². The summed E-state index contributed by atoms with van der Waals surface area (Å²) in [7, 11) is 1.80. The third kappa shape index (κ3) is 4.17. The average Bonchev–Trinajstić information content (AvgIpc) is 2.84. The average molecular weight is 268 g/mol. The molecule has 4 atom stereocenters. The van der Waals surface area contributed by atoms with Crippen molar-refractivity contribution in [2.75, 3.05) is 26.8 Å². The minimum absolute atomic E-state index is 0.666. The second-order valence-electron chi connectivity index (χ2n) is 6.50. The number of hydrogen-bond acceptors (Lipinski definition) is 3. The SMILES string of the molecule is CCC(C)N(CCOC)CC1CC2CCCCC2N1. The molecule has 0 bridgehead atoms. The van der Waals surface area contributed by atoms with Gasteiger partial charge in [-0.3, -0.25) is 4.90 Å². The van der Waals surface area contributed by atoms with E-state index >= 15 is 0 Å². The topological polar surface area (TPSA) is 24.5 Å². The summed E-state index contributed by atoms with van der Waals surface area (Å²) in [5.41, 5.74) is 0. The lowest BCUT2D eigenvalue weighted by molar-refractivity contribution is 0.115. The molecule has 1 heterocycles. The summed E-state index contributed by atoms with van der Waals surface area (Å²) in [5.74, 6) is 0.958. The van der Waals surface area contributed by atoms with Gasteiger partial charge in [0.15, 0.2) is 0 Å². The molecule has 1 saturated carbocycles. The molecule has 0 aromatic carbocycles. The summed E-state index contributed by atoms with van der Waals surface area (Å²) < 4.78 is 5.26. The molecular formula is C16H32N2O. The molecule has 19 heavy (non-hydrogen) atoms. The maximum Gasteiger partial charge on any atom is 0.0589 e. The minimum Gasteiger partial charge on any atom is -0.383 e. The molecule has 0 aromatic heterocycles. The van der Waals surface area contributed by atoms with Crippen LogP contribution in [-0.4, -0.2) is 49.8 Å². The van der Waals surface area contributed by atoms with Crippen molar-refractivity contribution in [1.82, 2.24) is 10.2 Å². The van der Waals surface area contributed by atoms with Crippen LogP contribution in [0.5, 0.6) is 0 Å². The first kappa shape index (κ1) is 15.3. The molecule has 1 N–H and O–H groups in total. The zero-order chi connectivity index (χ0) is 13.7. The highest BCUT2D eigenvalue weighted by atomic mass is 16.5. The molecule has 0 amide bonds. The van der Waals surface area contributed by atoms with Crippen LogP contribution in [0.2, 0.25) is 0 Å². The second kappa shape index (κ2) is 7.61. The molecule has 1 aliphatic carbocycles. The van der Waals surface area contributed by atoms with E-state index in [1.54, 1.807) is 7.11 Å². The van der Waals surface area contributed by atoms with Gasteiger partial charge in [0.1, 0.15) is 0 Å². The highest BCUT2D eigenvalue weighted by Crippen LogP contribution is 2.33. The summed E-state index contributed by atoms with van der Waals surface area (Å²) in [6.07, 6.45) is 8.36. The number of fused-ring (bicyclic) bond motifs is 1. The van der Waals surface area contributed by atoms with Crippen LogP contribution >= 0.6 is 0 Å². The van der Waals surface area contributed by atoms with E-state index in [1.165, 1.54) is 45.1 Å². The van der Waals surface area contributed by atoms with E-state index < -0.39 is 0 Å². The molecule has 2 rings (SSSR count). The highest BCUT2D eigenvalue weighted by molar-refractivity contribution is 4.94. The molecule has 0 aromatic rings. The van der Waals surface area contributed by atoms with Gasteiger partial charge in [0.05, 0.1) is 6.61 Å². The number of nitrogens with zero attached hydrogens (tertiary/aromatic N) is 1. The van der Waals surface area contributed by atoms with E-state index in [9.17, 15) is 0 Å². The van der Waals surface area contributed by atoms with Gasteiger partial charge in [-0.15, -0.1) is 0 Å². The summed E-state index contributed by atoms with van der Waals surface area (Å²) in [5, 5.41) is 3.90. The van der Waals surface area contributed by atoms with Crippen molar-refractivity contribution in [1.29, 1.82) is 0 Å². The molecule has 112 valence electrons. The standard InChI is InChI=1S/C16H32N2O/c1-4-13(2)18(9-10-19-3)12-15-11-14-7-5-6-8-16(14)17-15/h13-17H,4-12H2,1-3H3. The van der Waals surface area contributed by atoms with Gasteiger partial charge in [-0.25, -0.2) is 0 Å². The van der Waals surface area contributed by atoms with Crippen molar-refractivity contribution >= 4 is 0 Å². The quantitative estimate of drug-likeness (QED) is 0.768. The summed E-state index contributed by atoms with van der Waals surface area (Å²) in [4.78, 5) is 2.61. The summed E-state index contributed by atoms with van der Waals surface area (Å²) in [6, 6.07) is 2.19. The number of hydrogen-bond donors (Lipinski definition) is 1. The van der Waals surface area contributed by atoms with Gasteiger partial charge in [0, 0.05) is 38.3 Å². The lowest BCUT2D eigenvalue weighted by Gasteiger charge is -2.31. The van der Waals surface area contributed by atoms with E-state index in [1.807, 2.05) is 0 Å². The van der Waals surface area contributed by atoms with Crippen LogP contribution < -0.4 is 5.32 Å². The van der Waals surface area contributed by atoms with E-state index in [2.05, 4.69) is 24.1 Å². The Bertz CT molecular complexity index is 245. The van der Waals surface area contributed by atoms with Crippen molar-refractivity contribution < 1.29 is 4.74 Å². The van der Waals surface area contributed by atoms with Gasteiger partial charge < -0.3 is 10.1 Å². The number of rotatable bonds is 7. The molecule has 2 aliphatic rings. The van der Waals surface area contributed by atoms with Crippen LogP contribution in [0, 0.1) is 5.92 Å². The normalized spacial score (nSPS) is 32.5. The molecule has 4 unspecified atom stereocenters. The molecule has 3 nitrogen and oxygen atoms in total. The van der Waals surface area contributed by atoms with Crippen LogP contribution in [0.3, 0.4) is 0 Å². The van der Waals surface area contributed by atoms with Crippen LogP contribution in [-0.2, 0) is 4.74 Å². The Morgan fingerprint density at radius 3 is 2.79 bits per heavy atom. The Morgan fingerprint density at radius 1 is 1.32 bits per heavy atom. The predicted molar refractivity (Wildman–Crippen MR) is 80.5 cm³/mol. The van der Waals surface area contributed by atoms with Crippen molar-refractivity contribution in [3.05, 3.63) is 0 Å². The Morgan fingerprint density at radius 2 is 2.11 bits per heavy atom. The van der Waals surface area contributed by atoms with Gasteiger partial charge in [0.2, 0.25) is 0 Å². The monoisotopic (exact) mass is 268 g/mol. The van der Waals surface area contributed by atoms with E-state index in [0.29, 0.717) is 12.1 Å². The van der Waals surface area contributed by atoms with E-state index in [4.69, 9.17) is 4.74 Å². The lowest BCUT2D eigenvalue weighted by atomic mass is 9.85. The van der Waals surface area contributed by atoms with Crippen molar-refractivity contribution in [3.8, 4) is 0 Å². The third-order valence-corrected chi connectivity index (χ3v) is 5.20.